The van der Waals surface area contributed by atoms with Gasteiger partial charge < -0.3 is 10.1 Å². The van der Waals surface area contributed by atoms with E-state index in [0.29, 0.717) is 6.61 Å². The molecule has 23 heavy (non-hydrogen) atoms. The Kier molecular flexibility index (Phi) is 4.62. The van der Waals surface area contributed by atoms with Crippen LogP contribution >= 0.6 is 11.3 Å². The number of fused-ring (bicyclic) bond motifs is 1. The molecule has 5 nitrogen and oxygen atoms in total. The van der Waals surface area contributed by atoms with Crippen molar-refractivity contribution in [1.82, 2.24) is 14.7 Å². The van der Waals surface area contributed by atoms with Crippen molar-refractivity contribution >= 4 is 22.2 Å². The van der Waals surface area contributed by atoms with E-state index in [2.05, 4.69) is 10.3 Å². The minimum Gasteiger partial charge on any atom is -0.494 e. The predicted molar refractivity (Wildman–Crippen MR) is 90.9 cm³/mol. The molecule has 6 heteroatoms. The van der Waals surface area contributed by atoms with Gasteiger partial charge in [0.25, 0.3) is 0 Å². The molecule has 1 aromatic carbocycles. The van der Waals surface area contributed by atoms with E-state index in [-0.39, 0.29) is 18.4 Å². The van der Waals surface area contributed by atoms with E-state index < -0.39 is 0 Å². The smallest absolute Gasteiger partial charge is 0.226 e. The van der Waals surface area contributed by atoms with Crippen LogP contribution in [0.3, 0.4) is 0 Å². The van der Waals surface area contributed by atoms with Crippen LogP contribution < -0.4 is 10.1 Å². The van der Waals surface area contributed by atoms with Crippen molar-refractivity contribution in [2.45, 2.75) is 26.3 Å². The molecular formula is C17H19N3O2S. The highest BCUT2D eigenvalue weighted by molar-refractivity contribution is 7.15. The second kappa shape index (κ2) is 6.83. The molecule has 3 aromatic rings. The molecule has 0 aliphatic rings. The zero-order chi connectivity index (χ0) is 16.2. The van der Waals surface area contributed by atoms with E-state index in [1.54, 1.807) is 11.3 Å². The molecule has 0 radical (unpaired) electrons. The van der Waals surface area contributed by atoms with Crippen molar-refractivity contribution in [3.63, 3.8) is 0 Å². The van der Waals surface area contributed by atoms with Crippen LogP contribution in [0.15, 0.2) is 42.0 Å². The van der Waals surface area contributed by atoms with Crippen molar-refractivity contribution in [3.8, 4) is 5.75 Å². The number of nitrogens with one attached hydrogen (secondary N) is 1. The Labute approximate surface area is 138 Å². The average Bonchev–Trinajstić information content (AvgIpc) is 3.09. The van der Waals surface area contributed by atoms with E-state index in [4.69, 9.17) is 4.74 Å². The summed E-state index contributed by atoms with van der Waals surface area (Å²) in [6, 6.07) is 7.74. The summed E-state index contributed by atoms with van der Waals surface area (Å²) in [5.74, 6) is 0.810. The van der Waals surface area contributed by atoms with E-state index >= 15 is 0 Å². The van der Waals surface area contributed by atoms with Crippen LogP contribution in [0.5, 0.6) is 5.75 Å². The van der Waals surface area contributed by atoms with Crippen LogP contribution in [-0.2, 0) is 11.2 Å². The van der Waals surface area contributed by atoms with E-state index in [1.807, 2.05) is 60.3 Å². The van der Waals surface area contributed by atoms with Gasteiger partial charge in [-0.1, -0.05) is 12.1 Å². The number of imidazole rings is 1. The van der Waals surface area contributed by atoms with Crippen LogP contribution in [-0.4, -0.2) is 21.9 Å². The van der Waals surface area contributed by atoms with Crippen molar-refractivity contribution in [2.75, 3.05) is 6.61 Å². The number of hydrogen-bond acceptors (Lipinski definition) is 4. The second-order valence-electron chi connectivity index (χ2n) is 5.29. The minimum atomic E-state index is -0.0538. The zero-order valence-electron chi connectivity index (χ0n) is 13.2. The van der Waals surface area contributed by atoms with E-state index in [1.165, 1.54) is 0 Å². The van der Waals surface area contributed by atoms with Crippen LogP contribution in [0.4, 0.5) is 0 Å². The molecule has 0 bridgehead atoms. The van der Waals surface area contributed by atoms with Gasteiger partial charge in [0.15, 0.2) is 4.96 Å². The molecular weight excluding hydrogens is 310 g/mol. The first-order chi connectivity index (χ1) is 11.2. The van der Waals surface area contributed by atoms with Crippen LogP contribution in [0.25, 0.3) is 4.96 Å². The summed E-state index contributed by atoms with van der Waals surface area (Å²) < 4.78 is 7.36. The van der Waals surface area contributed by atoms with Crippen molar-refractivity contribution in [1.29, 1.82) is 0 Å². The maximum absolute atomic E-state index is 12.2. The predicted octanol–water partition coefficient (Wildman–Crippen LogP) is 3.21. The molecule has 0 saturated carbocycles. The monoisotopic (exact) mass is 329 g/mol. The lowest BCUT2D eigenvalue weighted by Crippen LogP contribution is -2.28. The van der Waals surface area contributed by atoms with Crippen LogP contribution in [0.2, 0.25) is 0 Å². The molecule has 0 aliphatic carbocycles. The molecule has 0 saturated heterocycles. The third-order valence-electron chi connectivity index (χ3n) is 3.55. The van der Waals surface area contributed by atoms with E-state index in [9.17, 15) is 4.79 Å². The normalized spacial score (nSPS) is 12.3. The van der Waals surface area contributed by atoms with Crippen LogP contribution in [0.1, 0.15) is 31.1 Å². The Hall–Kier alpha value is -2.34. The molecule has 1 atom stereocenters. The number of aromatic nitrogens is 2. The standard InChI is InChI=1S/C17H19N3O2S/c1-3-22-15-6-4-13(5-7-15)12(2)18-16(21)10-14-11-20-8-9-23-17(20)19-14/h4-9,11-12H,3,10H2,1-2H3,(H,18,21). The molecule has 3 rings (SSSR count). The fourth-order valence-electron chi connectivity index (χ4n) is 2.42. The summed E-state index contributed by atoms with van der Waals surface area (Å²) in [4.78, 5) is 17.5. The number of carbonyl (C=O) groups is 1. The second-order valence-corrected chi connectivity index (χ2v) is 6.17. The average molecular weight is 329 g/mol. The number of amides is 1. The molecule has 1 unspecified atom stereocenters. The molecule has 0 spiro atoms. The summed E-state index contributed by atoms with van der Waals surface area (Å²) in [6.45, 7) is 4.57. The van der Waals surface area contributed by atoms with Gasteiger partial charge in [0.1, 0.15) is 5.75 Å². The summed E-state index contributed by atoms with van der Waals surface area (Å²) in [7, 11) is 0. The molecule has 2 heterocycles. The fraction of sp³-hybridized carbons (Fsp3) is 0.294. The number of carbonyl (C=O) groups excluding carboxylic acids is 1. The van der Waals surface area contributed by atoms with Crippen molar-refractivity contribution in [3.05, 3.63) is 53.3 Å². The largest absolute Gasteiger partial charge is 0.494 e. The molecule has 1 N–H and O–H groups in total. The van der Waals surface area contributed by atoms with Gasteiger partial charge in [0.2, 0.25) is 5.91 Å². The fourth-order valence-corrected chi connectivity index (χ4v) is 3.14. The number of thiazole rings is 1. The van der Waals surface area contributed by atoms with Crippen molar-refractivity contribution in [2.24, 2.45) is 0 Å². The first-order valence-corrected chi connectivity index (χ1v) is 8.47. The highest BCUT2D eigenvalue weighted by Gasteiger charge is 2.12. The lowest BCUT2D eigenvalue weighted by atomic mass is 10.1. The Balaban J connectivity index is 1.59. The Morgan fingerprint density at radius 2 is 2.17 bits per heavy atom. The van der Waals surface area contributed by atoms with Gasteiger partial charge in [0, 0.05) is 17.8 Å². The molecule has 0 aliphatic heterocycles. The topological polar surface area (TPSA) is 55.6 Å². The third-order valence-corrected chi connectivity index (χ3v) is 4.32. The molecule has 2 aromatic heterocycles. The number of ether oxygens (including phenoxy) is 1. The Bertz CT molecular complexity index is 763. The van der Waals surface area contributed by atoms with Gasteiger partial charge >= 0.3 is 0 Å². The van der Waals surface area contributed by atoms with Gasteiger partial charge in [-0.15, -0.1) is 11.3 Å². The van der Waals surface area contributed by atoms with Crippen LogP contribution in [0, 0.1) is 0 Å². The number of benzene rings is 1. The lowest BCUT2D eigenvalue weighted by Gasteiger charge is -2.14. The summed E-state index contributed by atoms with van der Waals surface area (Å²) >= 11 is 1.56. The maximum atomic E-state index is 12.2. The number of rotatable bonds is 6. The zero-order valence-corrected chi connectivity index (χ0v) is 14.0. The summed E-state index contributed by atoms with van der Waals surface area (Å²) in [5.41, 5.74) is 1.83. The van der Waals surface area contributed by atoms with Gasteiger partial charge in [0.05, 0.1) is 24.8 Å². The quantitative estimate of drug-likeness (QED) is 0.755. The van der Waals surface area contributed by atoms with E-state index in [0.717, 1.165) is 22.0 Å². The minimum absolute atomic E-state index is 0.0304. The first-order valence-electron chi connectivity index (χ1n) is 7.59. The van der Waals surface area contributed by atoms with Gasteiger partial charge in [-0.25, -0.2) is 4.98 Å². The Morgan fingerprint density at radius 3 is 2.87 bits per heavy atom. The number of nitrogens with zero attached hydrogens (tertiary/aromatic N) is 2. The highest BCUT2D eigenvalue weighted by Crippen LogP contribution is 2.18. The van der Waals surface area contributed by atoms with Gasteiger partial charge in [-0.05, 0) is 31.5 Å². The molecule has 0 fully saturated rings. The lowest BCUT2D eigenvalue weighted by molar-refractivity contribution is -0.121. The molecule has 120 valence electrons. The summed E-state index contributed by atoms with van der Waals surface area (Å²) in [5, 5.41) is 4.98. The molecule has 1 amide bonds. The highest BCUT2D eigenvalue weighted by atomic mass is 32.1. The number of hydrogen-bond donors (Lipinski definition) is 1. The summed E-state index contributed by atoms with van der Waals surface area (Å²) in [6.07, 6.45) is 4.12. The SMILES string of the molecule is CCOc1ccc(C(C)NC(=O)Cc2cn3ccsc3n2)cc1. The van der Waals surface area contributed by atoms with Gasteiger partial charge in [-0.2, -0.15) is 0 Å². The first kappa shape index (κ1) is 15.6. The maximum Gasteiger partial charge on any atom is 0.226 e. The van der Waals surface area contributed by atoms with Crippen molar-refractivity contribution < 1.29 is 9.53 Å². The Morgan fingerprint density at radius 1 is 1.39 bits per heavy atom. The van der Waals surface area contributed by atoms with Gasteiger partial charge in [-0.3, -0.25) is 9.20 Å². The third kappa shape index (κ3) is 3.71.